The van der Waals surface area contributed by atoms with Crippen molar-refractivity contribution in [1.82, 2.24) is 0 Å². The Labute approximate surface area is 150 Å². The van der Waals surface area contributed by atoms with Crippen LogP contribution in [0.4, 0.5) is 37.7 Å². The van der Waals surface area contributed by atoms with Gasteiger partial charge in [0.05, 0.1) is 22.5 Å². The van der Waals surface area contributed by atoms with Crippen molar-refractivity contribution in [3.63, 3.8) is 0 Å². The summed E-state index contributed by atoms with van der Waals surface area (Å²) in [7, 11) is 0. The maximum atomic E-state index is 13.5. The molecule has 0 aromatic heterocycles. The first-order valence-electron chi connectivity index (χ1n) is 7.47. The molecular formula is C17H16F6N2O2. The molecule has 0 aliphatic heterocycles. The van der Waals surface area contributed by atoms with Gasteiger partial charge in [0.25, 0.3) is 0 Å². The number of alkyl halides is 6. The number of aromatic hydroxyl groups is 2. The lowest BCUT2D eigenvalue weighted by atomic mass is 9.73. The quantitative estimate of drug-likeness (QED) is 0.340. The van der Waals surface area contributed by atoms with Crippen LogP contribution in [0.5, 0.6) is 11.5 Å². The van der Waals surface area contributed by atoms with Crippen LogP contribution in [0.2, 0.25) is 0 Å². The van der Waals surface area contributed by atoms with E-state index in [0.29, 0.717) is 24.3 Å². The molecule has 2 rings (SSSR count). The van der Waals surface area contributed by atoms with E-state index in [1.807, 2.05) is 0 Å². The fourth-order valence-electron chi connectivity index (χ4n) is 2.86. The number of hydrogen-bond acceptors (Lipinski definition) is 4. The third kappa shape index (κ3) is 3.69. The van der Waals surface area contributed by atoms with Crippen molar-refractivity contribution in [2.75, 3.05) is 11.5 Å². The first-order valence-corrected chi connectivity index (χ1v) is 7.47. The Morgan fingerprint density at radius 3 is 1.19 bits per heavy atom. The van der Waals surface area contributed by atoms with Crippen molar-refractivity contribution in [3.8, 4) is 11.5 Å². The first-order chi connectivity index (χ1) is 12.1. The van der Waals surface area contributed by atoms with Gasteiger partial charge in [-0.25, -0.2) is 0 Å². The molecule has 0 amide bonds. The van der Waals surface area contributed by atoms with Crippen LogP contribution in [-0.2, 0) is 17.8 Å². The van der Waals surface area contributed by atoms with Gasteiger partial charge in [-0.05, 0) is 35.4 Å². The minimum atomic E-state index is -4.94. The smallest absolute Gasteiger partial charge is 0.416 e. The molecule has 0 spiro atoms. The third-order valence-electron chi connectivity index (χ3n) is 4.29. The summed E-state index contributed by atoms with van der Waals surface area (Å²) < 4.78 is 80.7. The van der Waals surface area contributed by atoms with Crippen molar-refractivity contribution in [2.45, 2.75) is 31.6 Å². The fraction of sp³-hybridized carbons (Fsp3) is 0.294. The number of nitrogen functional groups attached to an aromatic ring is 2. The standard InChI is InChI=1S/C17H16F6N2O2/c1-15(2,7-5-13(26)11(24)3-9(7)16(18,19)20)8-6-14(27)12(25)4-10(8)17(21,22)23/h3-6,26-27H,24-25H2,1-2H3. The molecule has 0 atom stereocenters. The van der Waals surface area contributed by atoms with Gasteiger partial charge in [-0.1, -0.05) is 13.8 Å². The van der Waals surface area contributed by atoms with E-state index >= 15 is 0 Å². The minimum absolute atomic E-state index is 0.455. The second-order valence-electron chi connectivity index (χ2n) is 6.53. The first kappa shape index (κ1) is 20.5. The van der Waals surface area contributed by atoms with Gasteiger partial charge >= 0.3 is 12.4 Å². The highest BCUT2D eigenvalue weighted by Crippen LogP contribution is 2.48. The van der Waals surface area contributed by atoms with Gasteiger partial charge in [0.15, 0.2) is 0 Å². The molecule has 0 saturated carbocycles. The molecule has 148 valence electrons. The monoisotopic (exact) mass is 394 g/mol. The molecule has 27 heavy (non-hydrogen) atoms. The highest BCUT2D eigenvalue weighted by molar-refractivity contribution is 5.63. The van der Waals surface area contributed by atoms with E-state index in [0.717, 1.165) is 13.8 Å². The van der Waals surface area contributed by atoms with Crippen LogP contribution in [0.1, 0.15) is 36.1 Å². The summed E-state index contributed by atoms with van der Waals surface area (Å²) in [6.07, 6.45) is -9.88. The number of nitrogens with two attached hydrogens (primary N) is 2. The average Bonchev–Trinajstić information content (AvgIpc) is 2.49. The Balaban J connectivity index is 2.89. The molecule has 0 aliphatic rings. The van der Waals surface area contributed by atoms with Crippen LogP contribution in [0.25, 0.3) is 0 Å². The molecule has 0 fully saturated rings. The van der Waals surface area contributed by atoms with E-state index in [1.54, 1.807) is 0 Å². The van der Waals surface area contributed by atoms with Crippen molar-refractivity contribution in [3.05, 3.63) is 46.5 Å². The molecular weight excluding hydrogens is 378 g/mol. The van der Waals surface area contributed by atoms with Gasteiger partial charge in [0, 0.05) is 5.41 Å². The van der Waals surface area contributed by atoms with E-state index in [2.05, 4.69) is 0 Å². The zero-order chi connectivity index (χ0) is 20.9. The van der Waals surface area contributed by atoms with Crippen LogP contribution >= 0.6 is 0 Å². The lowest BCUT2D eigenvalue weighted by molar-refractivity contribution is -0.139. The van der Waals surface area contributed by atoms with Gasteiger partial charge in [-0.3, -0.25) is 0 Å². The molecule has 0 bridgehead atoms. The maximum Gasteiger partial charge on any atom is 0.416 e. The van der Waals surface area contributed by atoms with Crippen LogP contribution in [0.3, 0.4) is 0 Å². The number of phenolic OH excluding ortho intramolecular Hbond substituents is 2. The summed E-state index contributed by atoms with van der Waals surface area (Å²) in [5, 5.41) is 19.5. The zero-order valence-electron chi connectivity index (χ0n) is 14.1. The summed E-state index contributed by atoms with van der Waals surface area (Å²) in [6, 6.07) is 2.26. The Bertz CT molecular complexity index is 817. The topological polar surface area (TPSA) is 92.5 Å². The lowest BCUT2D eigenvalue weighted by Gasteiger charge is -2.32. The fourth-order valence-corrected chi connectivity index (χ4v) is 2.86. The molecule has 0 heterocycles. The molecule has 0 unspecified atom stereocenters. The molecule has 4 nitrogen and oxygen atoms in total. The largest absolute Gasteiger partial charge is 0.506 e. The Hall–Kier alpha value is -2.78. The molecule has 0 aliphatic carbocycles. The van der Waals surface area contributed by atoms with Gasteiger partial charge in [-0.15, -0.1) is 0 Å². The minimum Gasteiger partial charge on any atom is -0.506 e. The average molecular weight is 394 g/mol. The molecule has 0 saturated heterocycles. The Morgan fingerprint density at radius 2 is 0.926 bits per heavy atom. The highest BCUT2D eigenvalue weighted by atomic mass is 19.4. The number of hydrogen-bond donors (Lipinski definition) is 4. The summed E-state index contributed by atoms with van der Waals surface area (Å²) in [5.74, 6) is -1.42. The lowest BCUT2D eigenvalue weighted by Crippen LogP contribution is -2.27. The maximum absolute atomic E-state index is 13.5. The van der Waals surface area contributed by atoms with Crippen molar-refractivity contribution in [1.29, 1.82) is 0 Å². The summed E-state index contributed by atoms with van der Waals surface area (Å²) in [5.41, 5.74) is 3.70. The predicted octanol–water partition coefficient (Wildman–Crippen LogP) is 4.63. The molecule has 0 radical (unpaired) electrons. The number of rotatable bonds is 2. The van der Waals surface area contributed by atoms with Crippen LogP contribution in [0.15, 0.2) is 24.3 Å². The number of phenols is 2. The van der Waals surface area contributed by atoms with Crippen LogP contribution in [-0.4, -0.2) is 10.2 Å². The van der Waals surface area contributed by atoms with Crippen molar-refractivity contribution >= 4 is 11.4 Å². The normalized spacial score (nSPS) is 13.0. The second kappa shape index (κ2) is 6.14. The summed E-state index contributed by atoms with van der Waals surface area (Å²) >= 11 is 0. The third-order valence-corrected chi connectivity index (χ3v) is 4.29. The van der Waals surface area contributed by atoms with E-state index in [1.165, 1.54) is 0 Å². The number of anilines is 2. The van der Waals surface area contributed by atoms with E-state index < -0.39 is 62.9 Å². The van der Waals surface area contributed by atoms with E-state index in [9.17, 15) is 36.6 Å². The molecule has 10 heteroatoms. The van der Waals surface area contributed by atoms with Crippen LogP contribution < -0.4 is 11.5 Å². The molecule has 2 aromatic rings. The molecule has 6 N–H and O–H groups in total. The van der Waals surface area contributed by atoms with Gasteiger partial charge in [-0.2, -0.15) is 26.3 Å². The second-order valence-corrected chi connectivity index (χ2v) is 6.53. The Morgan fingerprint density at radius 1 is 0.630 bits per heavy atom. The SMILES string of the molecule is CC(C)(c1cc(O)c(N)cc1C(F)(F)F)c1cc(O)c(N)cc1C(F)(F)F. The van der Waals surface area contributed by atoms with Gasteiger partial charge in [0.2, 0.25) is 0 Å². The van der Waals surface area contributed by atoms with E-state index in [4.69, 9.17) is 11.5 Å². The van der Waals surface area contributed by atoms with Crippen LogP contribution in [0, 0.1) is 0 Å². The summed E-state index contributed by atoms with van der Waals surface area (Å²) in [6.45, 7) is 2.21. The van der Waals surface area contributed by atoms with Crippen molar-refractivity contribution in [2.24, 2.45) is 0 Å². The number of halogens is 6. The Kier molecular flexibility index (Phi) is 4.67. The zero-order valence-corrected chi connectivity index (χ0v) is 14.1. The highest BCUT2D eigenvalue weighted by Gasteiger charge is 2.43. The number of benzene rings is 2. The van der Waals surface area contributed by atoms with E-state index in [-0.39, 0.29) is 0 Å². The summed E-state index contributed by atoms with van der Waals surface area (Å²) in [4.78, 5) is 0. The van der Waals surface area contributed by atoms with Gasteiger partial charge < -0.3 is 21.7 Å². The van der Waals surface area contributed by atoms with Gasteiger partial charge in [0.1, 0.15) is 11.5 Å². The molecule has 2 aromatic carbocycles. The van der Waals surface area contributed by atoms with Crippen molar-refractivity contribution < 1.29 is 36.6 Å². The predicted molar refractivity (Wildman–Crippen MR) is 87.2 cm³/mol.